The summed E-state index contributed by atoms with van der Waals surface area (Å²) in [5.41, 5.74) is 4.09. The van der Waals surface area contributed by atoms with Gasteiger partial charge in [0, 0.05) is 23.4 Å². The average molecular weight is 231 g/mol. The molecule has 3 heteroatoms. The van der Waals surface area contributed by atoms with Crippen LogP contribution in [0.2, 0.25) is 0 Å². The Labute approximate surface area is 102 Å². The molecule has 0 spiro atoms. The minimum atomic E-state index is 0.252. The Morgan fingerprint density at radius 3 is 3.00 bits per heavy atom. The predicted molar refractivity (Wildman–Crippen MR) is 69.4 cm³/mol. The molecule has 3 nitrogen and oxygen atoms in total. The van der Waals surface area contributed by atoms with Crippen molar-refractivity contribution in [2.24, 2.45) is 4.99 Å². The molecule has 0 bridgehead atoms. The van der Waals surface area contributed by atoms with Crippen LogP contribution >= 0.6 is 0 Å². The highest BCUT2D eigenvalue weighted by atomic mass is 15.1. The third kappa shape index (κ3) is 2.04. The van der Waals surface area contributed by atoms with E-state index in [1.165, 1.54) is 42.2 Å². The lowest BCUT2D eigenvalue weighted by Gasteiger charge is -2.17. The van der Waals surface area contributed by atoms with Gasteiger partial charge in [0.2, 0.25) is 0 Å². The first-order chi connectivity index (χ1) is 8.24. The summed E-state index contributed by atoms with van der Waals surface area (Å²) in [6.07, 6.45) is 8.73. The zero-order valence-electron chi connectivity index (χ0n) is 10.7. The standard InChI is InChI=1S/C14H21N3/c1-9(2)15-13-8-7-11-10-5-3-4-6-12(10)16-14(11)17-13/h7,9,13,15H,3-6,8H2,1-2H3,(H,16,17). The van der Waals surface area contributed by atoms with Gasteiger partial charge in [-0.2, -0.15) is 0 Å². The predicted octanol–water partition coefficient (Wildman–Crippen LogP) is 1.02. The van der Waals surface area contributed by atoms with Gasteiger partial charge in [-0.05, 0) is 45.1 Å². The van der Waals surface area contributed by atoms with Gasteiger partial charge in [0.15, 0.2) is 0 Å². The van der Waals surface area contributed by atoms with Crippen molar-refractivity contribution in [3.05, 3.63) is 22.0 Å². The Hall–Kier alpha value is -1.09. The quantitative estimate of drug-likeness (QED) is 0.784. The summed E-state index contributed by atoms with van der Waals surface area (Å²) in [6.45, 7) is 4.34. The fourth-order valence-corrected chi connectivity index (χ4v) is 2.94. The summed E-state index contributed by atoms with van der Waals surface area (Å²) < 4.78 is 0. The van der Waals surface area contributed by atoms with Crippen molar-refractivity contribution in [2.75, 3.05) is 0 Å². The van der Waals surface area contributed by atoms with E-state index in [-0.39, 0.29) is 6.17 Å². The fraction of sp³-hybridized carbons (Fsp3) is 0.643. The van der Waals surface area contributed by atoms with Gasteiger partial charge in [0.1, 0.15) is 11.7 Å². The maximum Gasteiger partial charge on any atom is 0.134 e. The molecule has 1 aliphatic heterocycles. The second-order valence-electron chi connectivity index (χ2n) is 5.46. The molecular formula is C14H21N3. The molecule has 2 N–H and O–H groups in total. The third-order valence-corrected chi connectivity index (χ3v) is 3.67. The summed E-state index contributed by atoms with van der Waals surface area (Å²) in [6, 6.07) is 0.489. The van der Waals surface area contributed by atoms with Gasteiger partial charge < -0.3 is 4.98 Å². The SMILES string of the molecule is CC(C)NC1CC=c2c3c([nH]c2=N1)CCCC3. The van der Waals surface area contributed by atoms with E-state index in [1.807, 2.05) is 0 Å². The summed E-state index contributed by atoms with van der Waals surface area (Å²) in [4.78, 5) is 8.31. The number of rotatable bonds is 2. The van der Waals surface area contributed by atoms with Gasteiger partial charge in [-0.15, -0.1) is 0 Å². The number of fused-ring (bicyclic) bond motifs is 3. The smallest absolute Gasteiger partial charge is 0.134 e. The molecule has 1 aromatic heterocycles. The van der Waals surface area contributed by atoms with E-state index >= 15 is 0 Å². The van der Waals surface area contributed by atoms with Gasteiger partial charge in [-0.25, -0.2) is 4.99 Å². The Morgan fingerprint density at radius 2 is 2.18 bits per heavy atom. The molecule has 2 aliphatic rings. The third-order valence-electron chi connectivity index (χ3n) is 3.67. The lowest BCUT2D eigenvalue weighted by molar-refractivity contribution is 0.471. The first-order valence-corrected chi connectivity index (χ1v) is 6.78. The number of hydrogen-bond donors (Lipinski definition) is 2. The lowest BCUT2D eigenvalue weighted by atomic mass is 9.96. The molecule has 0 saturated carbocycles. The number of aryl methyl sites for hydroxylation is 1. The molecule has 0 fully saturated rings. The average Bonchev–Trinajstić information content (AvgIpc) is 2.65. The molecule has 1 atom stereocenters. The lowest BCUT2D eigenvalue weighted by Crippen LogP contribution is -2.40. The first kappa shape index (κ1) is 11.0. The van der Waals surface area contributed by atoms with E-state index in [0.29, 0.717) is 6.04 Å². The highest BCUT2D eigenvalue weighted by Crippen LogP contribution is 2.15. The maximum atomic E-state index is 4.79. The van der Waals surface area contributed by atoms with Gasteiger partial charge in [-0.3, -0.25) is 5.32 Å². The van der Waals surface area contributed by atoms with Crippen LogP contribution in [0.3, 0.4) is 0 Å². The monoisotopic (exact) mass is 231 g/mol. The normalized spacial score (nSPS) is 22.6. The molecule has 17 heavy (non-hydrogen) atoms. The molecule has 0 aromatic carbocycles. The minimum Gasteiger partial charge on any atom is -0.343 e. The van der Waals surface area contributed by atoms with Crippen LogP contribution in [0, 0.1) is 0 Å². The Bertz CT molecular complexity index is 524. The molecule has 0 radical (unpaired) electrons. The van der Waals surface area contributed by atoms with Crippen LogP contribution in [-0.4, -0.2) is 17.2 Å². The van der Waals surface area contributed by atoms with Crippen LogP contribution in [0.5, 0.6) is 0 Å². The minimum absolute atomic E-state index is 0.252. The van der Waals surface area contributed by atoms with Gasteiger partial charge in [0.25, 0.3) is 0 Å². The second-order valence-corrected chi connectivity index (χ2v) is 5.46. The maximum absolute atomic E-state index is 4.79. The topological polar surface area (TPSA) is 40.2 Å². The molecule has 1 unspecified atom stereocenters. The van der Waals surface area contributed by atoms with E-state index in [1.54, 1.807) is 0 Å². The zero-order chi connectivity index (χ0) is 11.8. The van der Waals surface area contributed by atoms with Crippen LogP contribution in [0.4, 0.5) is 0 Å². The molecule has 92 valence electrons. The van der Waals surface area contributed by atoms with Crippen LogP contribution < -0.4 is 16.0 Å². The Balaban J connectivity index is 1.99. The summed E-state index contributed by atoms with van der Waals surface area (Å²) in [5, 5.41) is 4.88. The highest BCUT2D eigenvalue weighted by molar-refractivity contribution is 5.35. The van der Waals surface area contributed by atoms with Crippen LogP contribution in [0.25, 0.3) is 6.08 Å². The summed E-state index contributed by atoms with van der Waals surface area (Å²) >= 11 is 0. The van der Waals surface area contributed by atoms with Crippen molar-refractivity contribution in [2.45, 2.75) is 58.2 Å². The molecule has 2 heterocycles. The molecular weight excluding hydrogens is 210 g/mol. The zero-order valence-corrected chi connectivity index (χ0v) is 10.7. The first-order valence-electron chi connectivity index (χ1n) is 6.78. The largest absolute Gasteiger partial charge is 0.343 e. The van der Waals surface area contributed by atoms with Crippen LogP contribution in [-0.2, 0) is 12.8 Å². The number of hydrogen-bond acceptors (Lipinski definition) is 2. The van der Waals surface area contributed by atoms with Gasteiger partial charge in [-0.1, -0.05) is 6.08 Å². The molecule has 3 rings (SSSR count). The van der Waals surface area contributed by atoms with Gasteiger partial charge in [0.05, 0.1) is 0 Å². The van der Waals surface area contributed by atoms with E-state index in [9.17, 15) is 0 Å². The number of aromatic amines is 1. The molecule has 0 saturated heterocycles. The Morgan fingerprint density at radius 1 is 1.35 bits per heavy atom. The fourth-order valence-electron chi connectivity index (χ4n) is 2.94. The van der Waals surface area contributed by atoms with Crippen molar-refractivity contribution >= 4 is 6.08 Å². The van der Waals surface area contributed by atoms with Crippen molar-refractivity contribution in [1.82, 2.24) is 10.3 Å². The summed E-state index contributed by atoms with van der Waals surface area (Å²) in [5.74, 6) is 0. The highest BCUT2D eigenvalue weighted by Gasteiger charge is 2.17. The second kappa shape index (κ2) is 4.30. The van der Waals surface area contributed by atoms with E-state index in [0.717, 1.165) is 11.9 Å². The van der Waals surface area contributed by atoms with Crippen LogP contribution in [0.15, 0.2) is 4.99 Å². The van der Waals surface area contributed by atoms with E-state index < -0.39 is 0 Å². The molecule has 1 aliphatic carbocycles. The van der Waals surface area contributed by atoms with E-state index in [2.05, 4.69) is 30.2 Å². The van der Waals surface area contributed by atoms with Crippen molar-refractivity contribution in [3.8, 4) is 0 Å². The van der Waals surface area contributed by atoms with Gasteiger partial charge >= 0.3 is 0 Å². The van der Waals surface area contributed by atoms with E-state index in [4.69, 9.17) is 4.99 Å². The number of nitrogens with one attached hydrogen (secondary N) is 2. The van der Waals surface area contributed by atoms with Crippen LogP contribution in [0.1, 0.15) is 44.4 Å². The van der Waals surface area contributed by atoms with Crippen molar-refractivity contribution in [1.29, 1.82) is 0 Å². The number of aromatic nitrogens is 1. The molecule has 1 aromatic rings. The summed E-state index contributed by atoms with van der Waals surface area (Å²) in [7, 11) is 0. The number of nitrogens with zero attached hydrogens (tertiary/aromatic N) is 1. The molecule has 0 amide bonds. The van der Waals surface area contributed by atoms with Crippen molar-refractivity contribution in [3.63, 3.8) is 0 Å². The van der Waals surface area contributed by atoms with Crippen molar-refractivity contribution < 1.29 is 0 Å². The number of H-pyrrole nitrogens is 1. The Kier molecular flexibility index (Phi) is 2.79.